The molecule has 13 heteroatoms. The molecule has 4 rings (SSSR count). The summed E-state index contributed by atoms with van der Waals surface area (Å²) in [6.45, 7) is 0. The zero-order valence-electron chi connectivity index (χ0n) is 16.1. The average Bonchev–Trinajstić information content (AvgIpc) is 3.30. The van der Waals surface area contributed by atoms with E-state index in [2.05, 4.69) is 47.6 Å². The number of benzene rings is 1. The van der Waals surface area contributed by atoms with E-state index in [1.807, 2.05) is 0 Å². The number of nitrogens with zero attached hydrogens (tertiary/aromatic N) is 2. The largest absolute Gasteiger partial charge is 0.495 e. The monoisotopic (exact) mass is 596 g/mol. The second-order valence-electron chi connectivity index (χ2n) is 6.89. The molecular weight excluding hydrogens is 584 g/mol. The summed E-state index contributed by atoms with van der Waals surface area (Å²) in [5.74, 6) is -0.0728. The molecule has 32 heavy (non-hydrogen) atoms. The summed E-state index contributed by atoms with van der Waals surface area (Å²) < 4.78 is 53.5. The van der Waals surface area contributed by atoms with Crippen molar-refractivity contribution in [2.24, 2.45) is 0 Å². The number of alkyl halides is 3. The zero-order valence-corrected chi connectivity index (χ0v) is 20.1. The van der Waals surface area contributed by atoms with Gasteiger partial charge < -0.3 is 19.8 Å². The van der Waals surface area contributed by atoms with Gasteiger partial charge in [0.05, 0.1) is 23.3 Å². The molecule has 0 fully saturated rings. The van der Waals surface area contributed by atoms with E-state index in [4.69, 9.17) is 20.8 Å². The molecule has 1 amide bonds. The number of carbonyl (C=O) groups excluding carboxylic acids is 1. The van der Waals surface area contributed by atoms with Crippen LogP contribution in [0.2, 0.25) is 5.02 Å². The maximum absolute atomic E-state index is 13.9. The van der Waals surface area contributed by atoms with Crippen LogP contribution in [0.25, 0.3) is 0 Å². The van der Waals surface area contributed by atoms with E-state index in [0.717, 1.165) is 4.68 Å². The number of anilines is 2. The highest BCUT2D eigenvalue weighted by Crippen LogP contribution is 2.46. The molecule has 1 aliphatic rings. The summed E-state index contributed by atoms with van der Waals surface area (Å²) in [4.78, 5) is 12.9. The topological polar surface area (TPSA) is 81.3 Å². The van der Waals surface area contributed by atoms with Gasteiger partial charge in [-0.1, -0.05) is 11.6 Å². The minimum absolute atomic E-state index is 0.0132. The molecule has 0 aliphatic carbocycles. The molecule has 170 valence electrons. The van der Waals surface area contributed by atoms with Crippen LogP contribution in [0.5, 0.6) is 5.75 Å². The van der Waals surface area contributed by atoms with Gasteiger partial charge in [0.2, 0.25) is 0 Å². The first kappa shape index (κ1) is 23.0. The van der Waals surface area contributed by atoms with Crippen LogP contribution >= 0.6 is 43.5 Å². The third kappa shape index (κ3) is 4.35. The molecule has 0 bridgehead atoms. The highest BCUT2D eigenvalue weighted by molar-refractivity contribution is 9.10. The SMILES string of the molecule is COc1ccc(Cl)cc1NC(=O)c1nn2c(c1Br)N[C@@H](c1ccc(Br)o1)C[C@H]2C(F)(F)F. The van der Waals surface area contributed by atoms with E-state index >= 15 is 0 Å². The van der Waals surface area contributed by atoms with Gasteiger partial charge in [0, 0.05) is 11.4 Å². The predicted molar refractivity (Wildman–Crippen MR) is 118 cm³/mol. The Morgan fingerprint density at radius 3 is 2.72 bits per heavy atom. The first-order chi connectivity index (χ1) is 15.1. The Hall–Kier alpha value is -2.18. The Bertz CT molecular complexity index is 1180. The van der Waals surface area contributed by atoms with Crippen LogP contribution in [0.15, 0.2) is 43.9 Å². The molecule has 7 nitrogen and oxygen atoms in total. The van der Waals surface area contributed by atoms with Crippen molar-refractivity contribution in [3.8, 4) is 5.75 Å². The van der Waals surface area contributed by atoms with Gasteiger partial charge in [0.1, 0.15) is 17.3 Å². The zero-order chi connectivity index (χ0) is 23.2. The van der Waals surface area contributed by atoms with E-state index in [0.29, 0.717) is 21.2 Å². The van der Waals surface area contributed by atoms with Crippen LogP contribution in [0.1, 0.15) is 34.8 Å². The summed E-state index contributed by atoms with van der Waals surface area (Å²) in [7, 11) is 1.41. The molecule has 0 spiro atoms. The summed E-state index contributed by atoms with van der Waals surface area (Å²) >= 11 is 12.4. The van der Waals surface area contributed by atoms with Gasteiger partial charge in [-0.15, -0.1) is 0 Å². The van der Waals surface area contributed by atoms with Crippen molar-refractivity contribution in [1.29, 1.82) is 0 Å². The lowest BCUT2D eigenvalue weighted by molar-refractivity contribution is -0.174. The van der Waals surface area contributed by atoms with Gasteiger partial charge >= 0.3 is 6.18 Å². The number of ether oxygens (including phenoxy) is 1. The normalized spacial score (nSPS) is 18.1. The number of amides is 1. The molecule has 0 radical (unpaired) electrons. The lowest BCUT2D eigenvalue weighted by atomic mass is 10.0. The molecule has 0 saturated carbocycles. The fourth-order valence-electron chi connectivity index (χ4n) is 3.40. The van der Waals surface area contributed by atoms with Gasteiger partial charge in [0.25, 0.3) is 5.91 Å². The number of hydrogen-bond donors (Lipinski definition) is 2. The fraction of sp³-hybridized carbons (Fsp3) is 0.263. The minimum atomic E-state index is -4.60. The Balaban J connectivity index is 1.71. The number of carbonyl (C=O) groups is 1. The third-order valence-electron chi connectivity index (χ3n) is 4.86. The number of rotatable bonds is 4. The van der Waals surface area contributed by atoms with Gasteiger partial charge in [-0.05, 0) is 62.2 Å². The van der Waals surface area contributed by atoms with E-state index in [9.17, 15) is 18.0 Å². The van der Waals surface area contributed by atoms with Gasteiger partial charge in [-0.25, -0.2) is 4.68 Å². The number of furan rings is 1. The Morgan fingerprint density at radius 1 is 1.34 bits per heavy atom. The van der Waals surface area contributed by atoms with Crippen molar-refractivity contribution in [2.75, 3.05) is 17.7 Å². The average molecular weight is 599 g/mol. The molecule has 3 heterocycles. The van der Waals surface area contributed by atoms with Gasteiger partial charge in [-0.3, -0.25) is 4.79 Å². The van der Waals surface area contributed by atoms with Gasteiger partial charge in [-0.2, -0.15) is 18.3 Å². The quantitative estimate of drug-likeness (QED) is 0.355. The predicted octanol–water partition coefficient (Wildman–Crippen LogP) is 6.58. The number of halogens is 6. The maximum atomic E-state index is 13.9. The number of hydrogen-bond acceptors (Lipinski definition) is 5. The molecule has 1 aliphatic heterocycles. The van der Waals surface area contributed by atoms with Crippen LogP contribution in [0.4, 0.5) is 24.7 Å². The van der Waals surface area contributed by atoms with Crippen molar-refractivity contribution in [3.63, 3.8) is 0 Å². The molecule has 0 saturated heterocycles. The Morgan fingerprint density at radius 2 is 2.09 bits per heavy atom. The highest BCUT2D eigenvalue weighted by atomic mass is 79.9. The Kier molecular flexibility index (Phi) is 6.21. The van der Waals surface area contributed by atoms with Crippen LogP contribution in [0.3, 0.4) is 0 Å². The second kappa shape index (κ2) is 8.64. The standard InChI is InChI=1S/C19H14Br2ClF3N4O3/c1-31-11-3-2-8(22)6-9(11)27-18(30)16-15(21)17-26-10(12-4-5-14(20)32-12)7-13(19(23,24)25)29(17)28-16/h2-6,10,13,26H,7H2,1H3,(H,27,30)/t10-,13+/m1/s1. The van der Waals surface area contributed by atoms with Crippen LogP contribution in [0, 0.1) is 0 Å². The summed E-state index contributed by atoms with van der Waals surface area (Å²) in [6, 6.07) is 5.02. The smallest absolute Gasteiger partial charge is 0.410 e. The van der Waals surface area contributed by atoms with Crippen molar-refractivity contribution >= 4 is 60.9 Å². The van der Waals surface area contributed by atoms with Crippen LogP contribution in [-0.2, 0) is 0 Å². The molecule has 2 atom stereocenters. The number of fused-ring (bicyclic) bond motifs is 1. The van der Waals surface area contributed by atoms with Crippen LogP contribution < -0.4 is 15.4 Å². The molecule has 1 aromatic carbocycles. The van der Waals surface area contributed by atoms with E-state index in [1.54, 1.807) is 24.3 Å². The molecule has 2 aromatic heterocycles. The molecule has 3 aromatic rings. The first-order valence-corrected chi connectivity index (χ1v) is 11.1. The van der Waals surface area contributed by atoms with Crippen molar-refractivity contribution in [2.45, 2.75) is 24.7 Å². The van der Waals surface area contributed by atoms with Crippen molar-refractivity contribution in [1.82, 2.24) is 9.78 Å². The number of methoxy groups -OCH3 is 1. The number of aromatic nitrogens is 2. The number of nitrogens with one attached hydrogen (secondary N) is 2. The molecule has 0 unspecified atom stereocenters. The summed E-state index contributed by atoms with van der Waals surface area (Å²) in [5.41, 5.74) is 0.0200. The van der Waals surface area contributed by atoms with E-state index < -0.39 is 24.2 Å². The highest BCUT2D eigenvalue weighted by Gasteiger charge is 2.48. The van der Waals surface area contributed by atoms with Crippen molar-refractivity contribution < 1.29 is 27.1 Å². The first-order valence-electron chi connectivity index (χ1n) is 9.10. The van der Waals surface area contributed by atoms with E-state index in [1.165, 1.54) is 13.2 Å². The minimum Gasteiger partial charge on any atom is -0.495 e. The van der Waals surface area contributed by atoms with Gasteiger partial charge in [0.15, 0.2) is 16.4 Å². The van der Waals surface area contributed by atoms with Crippen LogP contribution in [-0.4, -0.2) is 29.0 Å². The lowest BCUT2D eigenvalue weighted by Crippen LogP contribution is -2.35. The second-order valence-corrected chi connectivity index (χ2v) is 8.90. The summed E-state index contributed by atoms with van der Waals surface area (Å²) in [5, 5.41) is 9.87. The molecule has 2 N–H and O–H groups in total. The maximum Gasteiger partial charge on any atom is 0.410 e. The molecular formula is C19H14Br2ClF3N4O3. The third-order valence-corrected chi connectivity index (χ3v) is 6.27. The fourth-order valence-corrected chi connectivity index (χ4v) is 4.44. The van der Waals surface area contributed by atoms with E-state index in [-0.39, 0.29) is 28.1 Å². The lowest BCUT2D eigenvalue weighted by Gasteiger charge is -2.32. The van der Waals surface area contributed by atoms with Crippen molar-refractivity contribution in [3.05, 3.63) is 56.0 Å². The Labute approximate surface area is 201 Å². The summed E-state index contributed by atoms with van der Waals surface area (Å²) in [6.07, 6.45) is -4.97.